The summed E-state index contributed by atoms with van der Waals surface area (Å²) in [4.78, 5) is 2.45. The Kier molecular flexibility index (Phi) is 5.08. The van der Waals surface area contributed by atoms with Crippen molar-refractivity contribution in [3.8, 4) is 11.5 Å². The molecule has 140 valence electrons. The van der Waals surface area contributed by atoms with Crippen molar-refractivity contribution in [1.29, 1.82) is 0 Å². The summed E-state index contributed by atoms with van der Waals surface area (Å²) in [5.41, 5.74) is 1.22. The van der Waals surface area contributed by atoms with Crippen LogP contribution in [0.4, 0.5) is 0 Å². The fraction of sp³-hybridized carbons (Fsp3) is 0.579. The molecule has 26 heavy (non-hydrogen) atoms. The van der Waals surface area contributed by atoms with Gasteiger partial charge in [0.25, 0.3) is 0 Å². The maximum Gasteiger partial charge on any atom is 0.162 e. The first-order chi connectivity index (χ1) is 12.8. The van der Waals surface area contributed by atoms with Crippen LogP contribution in [0.2, 0.25) is 0 Å². The van der Waals surface area contributed by atoms with Crippen molar-refractivity contribution < 1.29 is 14.2 Å². The van der Waals surface area contributed by atoms with Crippen molar-refractivity contribution in [2.75, 3.05) is 33.9 Å². The fourth-order valence-electron chi connectivity index (χ4n) is 3.80. The molecule has 0 N–H and O–H groups in total. The molecule has 1 aromatic heterocycles. The molecule has 1 atom stereocenters. The summed E-state index contributed by atoms with van der Waals surface area (Å²) in [6.07, 6.45) is 3.19. The van der Waals surface area contributed by atoms with Crippen LogP contribution in [0.15, 0.2) is 18.2 Å². The molecule has 0 bridgehead atoms. The molecule has 2 aliphatic rings. The Labute approximate surface area is 153 Å². The minimum atomic E-state index is 0.119. The molecule has 2 aliphatic heterocycles. The van der Waals surface area contributed by atoms with Crippen LogP contribution in [0.5, 0.6) is 11.5 Å². The third-order valence-electron chi connectivity index (χ3n) is 5.22. The van der Waals surface area contributed by atoms with Gasteiger partial charge in [0.1, 0.15) is 11.9 Å². The minimum absolute atomic E-state index is 0.119. The Bertz CT molecular complexity index is 755. The third-order valence-corrected chi connectivity index (χ3v) is 5.22. The number of methoxy groups -OCH3 is 2. The molecule has 4 rings (SSSR count). The van der Waals surface area contributed by atoms with E-state index < -0.39 is 0 Å². The molecule has 7 nitrogen and oxygen atoms in total. The van der Waals surface area contributed by atoms with Gasteiger partial charge in [0, 0.05) is 39.2 Å². The van der Waals surface area contributed by atoms with E-state index in [1.54, 1.807) is 14.2 Å². The lowest BCUT2D eigenvalue weighted by Crippen LogP contribution is -2.27. The van der Waals surface area contributed by atoms with Crippen molar-refractivity contribution in [1.82, 2.24) is 19.7 Å². The summed E-state index contributed by atoms with van der Waals surface area (Å²) in [6, 6.07) is 6.13. The van der Waals surface area contributed by atoms with Crippen molar-refractivity contribution in [2.24, 2.45) is 0 Å². The predicted octanol–water partition coefficient (Wildman–Crippen LogP) is 2.21. The molecular weight excluding hydrogens is 332 g/mol. The van der Waals surface area contributed by atoms with Crippen LogP contribution < -0.4 is 9.47 Å². The lowest BCUT2D eigenvalue weighted by molar-refractivity contribution is 0.101. The SMILES string of the molecule is COc1ccc(CN2CCc3nnc([C@@H]4CCCO4)n3CC2)cc1OC. The number of nitrogens with zero attached hydrogens (tertiary/aromatic N) is 4. The van der Waals surface area contributed by atoms with Crippen LogP contribution in [-0.2, 0) is 24.2 Å². The first kappa shape index (κ1) is 17.3. The highest BCUT2D eigenvalue weighted by molar-refractivity contribution is 5.42. The zero-order valence-electron chi connectivity index (χ0n) is 15.5. The minimum Gasteiger partial charge on any atom is -0.493 e. The van der Waals surface area contributed by atoms with Crippen LogP contribution in [0.1, 0.15) is 36.2 Å². The maximum absolute atomic E-state index is 5.81. The Morgan fingerprint density at radius 3 is 2.77 bits per heavy atom. The number of hydrogen-bond acceptors (Lipinski definition) is 6. The van der Waals surface area contributed by atoms with E-state index in [2.05, 4.69) is 31.8 Å². The molecule has 0 aliphatic carbocycles. The van der Waals surface area contributed by atoms with E-state index in [0.717, 1.165) is 75.2 Å². The van der Waals surface area contributed by atoms with Gasteiger partial charge in [-0.25, -0.2) is 0 Å². The number of ether oxygens (including phenoxy) is 3. The second-order valence-corrected chi connectivity index (χ2v) is 6.84. The Hall–Kier alpha value is -2.12. The molecule has 1 aromatic carbocycles. The summed E-state index contributed by atoms with van der Waals surface area (Å²) >= 11 is 0. The van der Waals surface area contributed by atoms with Crippen LogP contribution in [0, 0.1) is 0 Å². The van der Waals surface area contributed by atoms with Gasteiger partial charge in [0.2, 0.25) is 0 Å². The number of fused-ring (bicyclic) bond motifs is 1. The highest BCUT2D eigenvalue weighted by Gasteiger charge is 2.27. The van der Waals surface area contributed by atoms with Gasteiger partial charge in [-0.15, -0.1) is 10.2 Å². The van der Waals surface area contributed by atoms with E-state index in [1.165, 1.54) is 5.56 Å². The summed E-state index contributed by atoms with van der Waals surface area (Å²) in [5.74, 6) is 3.62. The average molecular weight is 358 g/mol. The topological polar surface area (TPSA) is 61.6 Å². The van der Waals surface area contributed by atoms with Crippen molar-refractivity contribution in [3.05, 3.63) is 35.4 Å². The van der Waals surface area contributed by atoms with E-state index in [4.69, 9.17) is 14.2 Å². The molecule has 0 unspecified atom stereocenters. The first-order valence-corrected chi connectivity index (χ1v) is 9.25. The van der Waals surface area contributed by atoms with Crippen LogP contribution in [0.3, 0.4) is 0 Å². The molecule has 0 radical (unpaired) electrons. The van der Waals surface area contributed by atoms with Crippen LogP contribution in [0.25, 0.3) is 0 Å². The van der Waals surface area contributed by atoms with Crippen molar-refractivity contribution in [3.63, 3.8) is 0 Å². The molecule has 7 heteroatoms. The lowest BCUT2D eigenvalue weighted by atomic mass is 10.2. The third kappa shape index (κ3) is 3.41. The van der Waals surface area contributed by atoms with Gasteiger partial charge in [-0.05, 0) is 30.5 Å². The molecule has 0 spiro atoms. The smallest absolute Gasteiger partial charge is 0.162 e. The summed E-state index contributed by atoms with van der Waals surface area (Å²) in [5, 5.41) is 8.83. The highest BCUT2D eigenvalue weighted by Crippen LogP contribution is 2.30. The van der Waals surface area contributed by atoms with Gasteiger partial charge in [-0.1, -0.05) is 6.07 Å². The van der Waals surface area contributed by atoms with E-state index in [9.17, 15) is 0 Å². The summed E-state index contributed by atoms with van der Waals surface area (Å²) in [7, 11) is 3.33. The number of benzene rings is 1. The number of rotatable bonds is 5. The maximum atomic E-state index is 5.81. The van der Waals surface area contributed by atoms with Gasteiger partial charge in [-0.3, -0.25) is 4.90 Å². The molecule has 1 saturated heterocycles. The lowest BCUT2D eigenvalue weighted by Gasteiger charge is -2.20. The highest BCUT2D eigenvalue weighted by atomic mass is 16.5. The summed E-state index contributed by atoms with van der Waals surface area (Å²) in [6.45, 7) is 4.56. The Balaban J connectivity index is 1.44. The van der Waals surface area contributed by atoms with E-state index >= 15 is 0 Å². The van der Waals surface area contributed by atoms with Gasteiger partial charge in [-0.2, -0.15) is 0 Å². The average Bonchev–Trinajstić information content (AvgIpc) is 3.29. The molecule has 2 aromatic rings. The number of hydrogen-bond donors (Lipinski definition) is 0. The van der Waals surface area contributed by atoms with Crippen molar-refractivity contribution >= 4 is 0 Å². The molecule has 3 heterocycles. The molecule has 1 fully saturated rings. The molecule has 0 saturated carbocycles. The zero-order valence-corrected chi connectivity index (χ0v) is 15.5. The Morgan fingerprint density at radius 1 is 1.12 bits per heavy atom. The second-order valence-electron chi connectivity index (χ2n) is 6.84. The molecule has 0 amide bonds. The van der Waals surface area contributed by atoms with E-state index in [-0.39, 0.29) is 6.10 Å². The fourth-order valence-corrected chi connectivity index (χ4v) is 3.80. The Morgan fingerprint density at radius 2 is 2.00 bits per heavy atom. The van der Waals surface area contributed by atoms with Gasteiger partial charge in [0.15, 0.2) is 17.3 Å². The van der Waals surface area contributed by atoms with Crippen molar-refractivity contribution in [2.45, 2.75) is 38.5 Å². The van der Waals surface area contributed by atoms with Gasteiger partial charge in [0.05, 0.1) is 14.2 Å². The first-order valence-electron chi connectivity index (χ1n) is 9.25. The van der Waals surface area contributed by atoms with Crippen LogP contribution in [-0.4, -0.2) is 53.6 Å². The van der Waals surface area contributed by atoms with E-state index in [1.807, 2.05) is 6.07 Å². The normalized spacial score (nSPS) is 20.6. The molecular formula is C19H26N4O3. The largest absolute Gasteiger partial charge is 0.493 e. The van der Waals surface area contributed by atoms with E-state index in [0.29, 0.717) is 0 Å². The number of aromatic nitrogens is 3. The summed E-state index contributed by atoms with van der Waals surface area (Å²) < 4.78 is 18.8. The van der Waals surface area contributed by atoms with Gasteiger partial charge >= 0.3 is 0 Å². The second kappa shape index (κ2) is 7.63. The standard InChI is InChI=1S/C19H26N4O3/c1-24-15-6-5-14(12-17(15)25-2)13-22-8-7-18-20-21-19(23(18)10-9-22)16-4-3-11-26-16/h5-6,12,16H,3-4,7-11,13H2,1-2H3/t16-/m0/s1. The quantitative estimate of drug-likeness (QED) is 0.817. The van der Waals surface area contributed by atoms with Gasteiger partial charge < -0.3 is 18.8 Å². The monoisotopic (exact) mass is 358 g/mol. The van der Waals surface area contributed by atoms with Crippen LogP contribution >= 0.6 is 0 Å². The predicted molar refractivity (Wildman–Crippen MR) is 96.5 cm³/mol. The zero-order chi connectivity index (χ0) is 17.9.